The molecule has 0 bridgehead atoms. The highest BCUT2D eigenvalue weighted by atomic mass is 35.5. The van der Waals surface area contributed by atoms with Crippen molar-refractivity contribution in [3.63, 3.8) is 0 Å². The number of hydrogen-bond donors (Lipinski definition) is 2. The van der Waals surface area contributed by atoms with Crippen molar-refractivity contribution in [1.29, 1.82) is 0 Å². The van der Waals surface area contributed by atoms with Gasteiger partial charge in [0, 0.05) is 10.6 Å². The molecule has 0 radical (unpaired) electrons. The zero-order valence-electron chi connectivity index (χ0n) is 13.5. The van der Waals surface area contributed by atoms with E-state index >= 15 is 0 Å². The van der Waals surface area contributed by atoms with Crippen molar-refractivity contribution >= 4 is 34.8 Å². The molecule has 0 saturated carbocycles. The first-order valence-corrected chi connectivity index (χ1v) is 7.95. The predicted molar refractivity (Wildman–Crippen MR) is 96.0 cm³/mol. The fourth-order valence-corrected chi connectivity index (χ4v) is 2.76. The van der Waals surface area contributed by atoms with Crippen molar-refractivity contribution in [3.8, 4) is 5.75 Å². The number of carbonyl (C=O) groups is 1. The van der Waals surface area contributed by atoms with E-state index in [2.05, 4.69) is 5.32 Å². The number of anilines is 1. The molecule has 122 valence electrons. The van der Waals surface area contributed by atoms with Gasteiger partial charge in [-0.15, -0.1) is 0 Å². The largest absolute Gasteiger partial charge is 0.507 e. The molecule has 2 aromatic carbocycles. The number of phenols is 1. The van der Waals surface area contributed by atoms with E-state index in [4.69, 9.17) is 23.2 Å². The number of rotatable bonds is 2. The lowest BCUT2D eigenvalue weighted by Gasteiger charge is -2.22. The van der Waals surface area contributed by atoms with Crippen LogP contribution < -0.4 is 5.32 Å². The van der Waals surface area contributed by atoms with Gasteiger partial charge in [0.25, 0.3) is 5.91 Å². The Balaban J connectivity index is 2.42. The Hall–Kier alpha value is -1.71. The highest BCUT2D eigenvalue weighted by Gasteiger charge is 2.24. The number of carbonyl (C=O) groups excluding carboxylic acids is 1. The maximum absolute atomic E-state index is 12.5. The molecule has 0 fully saturated rings. The molecule has 2 N–H and O–H groups in total. The minimum absolute atomic E-state index is 0.0670. The summed E-state index contributed by atoms with van der Waals surface area (Å²) in [5, 5.41) is 14.0. The summed E-state index contributed by atoms with van der Waals surface area (Å²) in [7, 11) is 0. The number of hydrogen-bond acceptors (Lipinski definition) is 2. The molecule has 0 aliphatic rings. The first-order valence-electron chi connectivity index (χ1n) is 7.20. The number of amides is 1. The molecular formula is C18H19Cl2NO2. The van der Waals surface area contributed by atoms with Gasteiger partial charge in [-0.2, -0.15) is 0 Å². The van der Waals surface area contributed by atoms with Crippen LogP contribution in [0.1, 0.15) is 42.3 Å². The van der Waals surface area contributed by atoms with Crippen LogP contribution in [0.15, 0.2) is 30.3 Å². The summed E-state index contributed by atoms with van der Waals surface area (Å²) in [5.74, 6) is -0.524. The van der Waals surface area contributed by atoms with Gasteiger partial charge in [-0.25, -0.2) is 0 Å². The summed E-state index contributed by atoms with van der Waals surface area (Å²) >= 11 is 12.2. The molecule has 0 spiro atoms. The first-order chi connectivity index (χ1) is 10.6. The van der Waals surface area contributed by atoms with E-state index < -0.39 is 5.91 Å². The van der Waals surface area contributed by atoms with E-state index in [1.165, 1.54) is 6.07 Å². The zero-order chi connectivity index (χ0) is 17.4. The fraction of sp³-hybridized carbons (Fsp3) is 0.278. The van der Waals surface area contributed by atoms with Crippen molar-refractivity contribution in [2.75, 3.05) is 5.32 Å². The average Bonchev–Trinajstić information content (AvgIpc) is 2.42. The second-order valence-electron chi connectivity index (χ2n) is 6.54. The molecule has 23 heavy (non-hydrogen) atoms. The number of aromatic hydroxyl groups is 1. The lowest BCUT2D eigenvalue weighted by atomic mass is 9.85. The fourth-order valence-electron chi connectivity index (χ4n) is 2.26. The smallest absolute Gasteiger partial charge is 0.259 e. The molecule has 1 amide bonds. The van der Waals surface area contributed by atoms with E-state index in [9.17, 15) is 9.90 Å². The summed E-state index contributed by atoms with van der Waals surface area (Å²) in [6, 6.07) is 8.45. The molecule has 3 nitrogen and oxygen atoms in total. The lowest BCUT2D eigenvalue weighted by molar-refractivity contribution is 0.102. The third-order valence-corrected chi connectivity index (χ3v) is 4.03. The highest BCUT2D eigenvalue weighted by molar-refractivity contribution is 6.34. The minimum atomic E-state index is -0.457. The van der Waals surface area contributed by atoms with Gasteiger partial charge in [-0.1, -0.05) is 50.0 Å². The Labute approximate surface area is 146 Å². The van der Waals surface area contributed by atoms with Crippen molar-refractivity contribution in [3.05, 3.63) is 57.1 Å². The number of halogens is 2. The molecule has 2 aromatic rings. The molecule has 2 rings (SSSR count). The summed E-state index contributed by atoms with van der Waals surface area (Å²) in [6.45, 7) is 7.74. The lowest BCUT2D eigenvalue weighted by Crippen LogP contribution is -2.17. The SMILES string of the molecule is Cc1ccc(NC(=O)c2cc(Cl)cc(C(C)(C)C)c2O)c(Cl)c1. The molecule has 0 aromatic heterocycles. The maximum atomic E-state index is 12.5. The second-order valence-corrected chi connectivity index (χ2v) is 7.38. The van der Waals surface area contributed by atoms with Crippen molar-refractivity contribution in [1.82, 2.24) is 0 Å². The first kappa shape index (κ1) is 17.6. The van der Waals surface area contributed by atoms with Gasteiger partial charge in [0.2, 0.25) is 0 Å². The van der Waals surface area contributed by atoms with Gasteiger partial charge in [0.15, 0.2) is 0 Å². The van der Waals surface area contributed by atoms with Crippen LogP contribution in [0.2, 0.25) is 10.0 Å². The van der Waals surface area contributed by atoms with Gasteiger partial charge in [-0.3, -0.25) is 4.79 Å². The topological polar surface area (TPSA) is 49.3 Å². The van der Waals surface area contributed by atoms with E-state index in [0.717, 1.165) is 5.56 Å². The van der Waals surface area contributed by atoms with Crippen molar-refractivity contribution in [2.24, 2.45) is 0 Å². The molecular weight excluding hydrogens is 333 g/mol. The Morgan fingerprint density at radius 2 is 1.78 bits per heavy atom. The third-order valence-electron chi connectivity index (χ3n) is 3.50. The van der Waals surface area contributed by atoms with Gasteiger partial charge in [-0.05, 0) is 42.2 Å². The van der Waals surface area contributed by atoms with Crippen LogP contribution in [-0.4, -0.2) is 11.0 Å². The number of benzene rings is 2. The normalized spacial score (nSPS) is 11.4. The maximum Gasteiger partial charge on any atom is 0.259 e. The van der Waals surface area contributed by atoms with Crippen molar-refractivity contribution in [2.45, 2.75) is 33.1 Å². The van der Waals surface area contributed by atoms with Crippen LogP contribution in [0, 0.1) is 6.92 Å². The summed E-state index contributed by atoms with van der Waals surface area (Å²) in [6.07, 6.45) is 0. The molecule has 0 saturated heterocycles. The van der Waals surface area contributed by atoms with E-state index in [1.807, 2.05) is 33.8 Å². The number of aryl methyl sites for hydroxylation is 1. The molecule has 0 atom stereocenters. The Morgan fingerprint density at radius 3 is 2.35 bits per heavy atom. The molecule has 0 unspecified atom stereocenters. The summed E-state index contributed by atoms with van der Waals surface area (Å²) in [5.41, 5.74) is 1.88. The second kappa shape index (κ2) is 6.42. The van der Waals surface area contributed by atoms with E-state index in [0.29, 0.717) is 21.3 Å². The number of phenolic OH excluding ortho intramolecular Hbond substituents is 1. The molecule has 0 aliphatic carbocycles. The molecule has 0 heterocycles. The standard InChI is InChI=1S/C18H19Cl2NO2/c1-10-5-6-15(14(20)7-10)21-17(23)12-8-11(19)9-13(16(12)22)18(2,3)4/h5-9,22H,1-4H3,(H,21,23). The minimum Gasteiger partial charge on any atom is -0.507 e. The van der Waals surface area contributed by atoms with Crippen molar-refractivity contribution < 1.29 is 9.90 Å². The van der Waals surface area contributed by atoms with E-state index in [-0.39, 0.29) is 16.7 Å². The highest BCUT2D eigenvalue weighted by Crippen LogP contribution is 2.36. The van der Waals surface area contributed by atoms with Crippen LogP contribution in [0.3, 0.4) is 0 Å². The third kappa shape index (κ3) is 3.98. The van der Waals surface area contributed by atoms with Crippen LogP contribution >= 0.6 is 23.2 Å². The van der Waals surface area contributed by atoms with Gasteiger partial charge in [0.05, 0.1) is 16.3 Å². The Bertz CT molecular complexity index is 764. The molecule has 5 heteroatoms. The van der Waals surface area contributed by atoms with Crippen LogP contribution in [0.25, 0.3) is 0 Å². The van der Waals surface area contributed by atoms with Gasteiger partial charge in [0.1, 0.15) is 5.75 Å². The monoisotopic (exact) mass is 351 g/mol. The Morgan fingerprint density at radius 1 is 1.13 bits per heavy atom. The summed E-state index contributed by atoms with van der Waals surface area (Å²) < 4.78 is 0. The van der Waals surface area contributed by atoms with Gasteiger partial charge >= 0.3 is 0 Å². The van der Waals surface area contributed by atoms with Crippen LogP contribution in [0.5, 0.6) is 5.75 Å². The van der Waals surface area contributed by atoms with Crippen LogP contribution in [-0.2, 0) is 5.41 Å². The Kier molecular flexibility index (Phi) is 4.92. The van der Waals surface area contributed by atoms with E-state index in [1.54, 1.807) is 18.2 Å². The van der Waals surface area contributed by atoms with Crippen LogP contribution in [0.4, 0.5) is 5.69 Å². The zero-order valence-corrected chi connectivity index (χ0v) is 15.0. The predicted octanol–water partition coefficient (Wildman–Crippen LogP) is 5.56. The number of nitrogens with one attached hydrogen (secondary N) is 1. The average molecular weight is 352 g/mol. The molecule has 0 aliphatic heterocycles. The van der Waals surface area contributed by atoms with Gasteiger partial charge < -0.3 is 10.4 Å². The summed E-state index contributed by atoms with van der Waals surface area (Å²) in [4.78, 5) is 12.5. The quantitative estimate of drug-likeness (QED) is 0.744.